The molecule has 0 radical (unpaired) electrons. The van der Waals surface area contributed by atoms with E-state index >= 15 is 0 Å². The van der Waals surface area contributed by atoms with Gasteiger partial charge in [-0.15, -0.1) is 0 Å². The fourth-order valence-corrected chi connectivity index (χ4v) is 3.34. The molecule has 4 heterocycles. The van der Waals surface area contributed by atoms with Crippen LogP contribution >= 0.6 is 0 Å². The van der Waals surface area contributed by atoms with E-state index in [9.17, 15) is 0 Å². The molecule has 0 aromatic carbocycles. The topological polar surface area (TPSA) is 52.0 Å². The van der Waals surface area contributed by atoms with Crippen molar-refractivity contribution in [1.82, 2.24) is 19.9 Å². The van der Waals surface area contributed by atoms with Crippen LogP contribution in [0.3, 0.4) is 0 Å². The summed E-state index contributed by atoms with van der Waals surface area (Å²) >= 11 is 0. The van der Waals surface area contributed by atoms with E-state index < -0.39 is 0 Å². The maximum atomic E-state index is 5.54. The van der Waals surface area contributed by atoms with Crippen LogP contribution in [0.15, 0.2) is 18.3 Å². The van der Waals surface area contributed by atoms with E-state index in [-0.39, 0.29) is 0 Å². The zero-order valence-electron chi connectivity index (χ0n) is 11.6. The predicted octanol–water partition coefficient (Wildman–Crippen LogP) is 1.69. The van der Waals surface area contributed by atoms with Crippen molar-refractivity contribution in [3.05, 3.63) is 24.2 Å². The number of nitrogens with one attached hydrogen (secondary N) is 1. The summed E-state index contributed by atoms with van der Waals surface area (Å²) in [6.07, 6.45) is 5.44. The lowest BCUT2D eigenvalue weighted by Gasteiger charge is -2.16. The third-order valence-electron chi connectivity index (χ3n) is 4.39. The van der Waals surface area contributed by atoms with Gasteiger partial charge in [0.25, 0.3) is 0 Å². The van der Waals surface area contributed by atoms with Crippen LogP contribution in [0.4, 0.5) is 0 Å². The maximum Gasteiger partial charge on any atom is 0.160 e. The summed E-state index contributed by atoms with van der Waals surface area (Å²) in [4.78, 5) is 9.38. The Balaban J connectivity index is 1.75. The van der Waals surface area contributed by atoms with Gasteiger partial charge in [0.1, 0.15) is 11.3 Å². The number of rotatable bonds is 3. The lowest BCUT2D eigenvalue weighted by atomic mass is 10.1. The van der Waals surface area contributed by atoms with E-state index in [4.69, 9.17) is 9.72 Å². The van der Waals surface area contributed by atoms with Crippen molar-refractivity contribution in [3.8, 4) is 0 Å². The molecule has 0 bridgehead atoms. The molecular formula is C15H20N4O. The Labute approximate surface area is 118 Å². The number of fused-ring (bicyclic) bond motifs is 1. The number of ether oxygens (including phenoxy) is 1. The lowest BCUT2D eigenvalue weighted by Crippen LogP contribution is -2.28. The minimum Gasteiger partial charge on any atom is -0.381 e. The second kappa shape index (κ2) is 5.14. The van der Waals surface area contributed by atoms with Gasteiger partial charge in [0, 0.05) is 31.3 Å². The van der Waals surface area contributed by atoms with Gasteiger partial charge in [-0.1, -0.05) is 0 Å². The van der Waals surface area contributed by atoms with E-state index in [1.54, 1.807) is 0 Å². The normalized spacial score (nSPS) is 26.6. The number of hydrogen-bond donors (Lipinski definition) is 1. The molecule has 2 unspecified atom stereocenters. The van der Waals surface area contributed by atoms with Gasteiger partial charge in [-0.05, 0) is 37.9 Å². The summed E-state index contributed by atoms with van der Waals surface area (Å²) in [6, 6.07) is 4.57. The standard InChI is InChI=1S/C15H20N4O/c1-3-12(16-6-1)9-19-14(11-5-8-20-10-11)18-13-4-2-7-17-15(13)19/h2,4,7,11-12,16H,1,3,5-6,8-10H2. The van der Waals surface area contributed by atoms with Crippen molar-refractivity contribution in [1.29, 1.82) is 0 Å². The smallest absolute Gasteiger partial charge is 0.160 e. The molecule has 106 valence electrons. The van der Waals surface area contributed by atoms with E-state index in [0.717, 1.165) is 49.7 Å². The van der Waals surface area contributed by atoms with E-state index in [2.05, 4.69) is 20.9 Å². The predicted molar refractivity (Wildman–Crippen MR) is 76.7 cm³/mol. The molecule has 2 fully saturated rings. The summed E-state index contributed by atoms with van der Waals surface area (Å²) in [7, 11) is 0. The van der Waals surface area contributed by atoms with Gasteiger partial charge in [0.2, 0.25) is 0 Å². The van der Waals surface area contributed by atoms with Crippen LogP contribution in [0.5, 0.6) is 0 Å². The molecule has 5 heteroatoms. The lowest BCUT2D eigenvalue weighted by molar-refractivity contribution is 0.192. The average Bonchev–Trinajstić information content (AvgIpc) is 3.19. The summed E-state index contributed by atoms with van der Waals surface area (Å²) in [5, 5.41) is 3.57. The molecule has 2 atom stereocenters. The van der Waals surface area contributed by atoms with Gasteiger partial charge >= 0.3 is 0 Å². The second-order valence-electron chi connectivity index (χ2n) is 5.78. The molecule has 0 saturated carbocycles. The van der Waals surface area contributed by atoms with E-state index in [0.29, 0.717) is 12.0 Å². The molecule has 0 amide bonds. The number of hydrogen-bond acceptors (Lipinski definition) is 4. The van der Waals surface area contributed by atoms with E-state index in [1.807, 2.05) is 12.3 Å². The monoisotopic (exact) mass is 272 g/mol. The van der Waals surface area contributed by atoms with Gasteiger partial charge in [0.15, 0.2) is 5.65 Å². The van der Waals surface area contributed by atoms with Gasteiger partial charge in [-0.25, -0.2) is 9.97 Å². The molecule has 2 aliphatic rings. The molecule has 2 aliphatic heterocycles. The Morgan fingerprint density at radius 3 is 3.20 bits per heavy atom. The molecule has 2 saturated heterocycles. The molecule has 1 N–H and O–H groups in total. The van der Waals surface area contributed by atoms with Crippen molar-refractivity contribution in [2.24, 2.45) is 0 Å². The van der Waals surface area contributed by atoms with Crippen molar-refractivity contribution < 1.29 is 4.74 Å². The number of imidazole rings is 1. The molecule has 4 rings (SSSR count). The Hall–Kier alpha value is -1.46. The highest BCUT2D eigenvalue weighted by Crippen LogP contribution is 2.28. The van der Waals surface area contributed by atoms with Crippen LogP contribution < -0.4 is 5.32 Å². The largest absolute Gasteiger partial charge is 0.381 e. The molecule has 2 aromatic heterocycles. The second-order valence-corrected chi connectivity index (χ2v) is 5.78. The first-order valence-electron chi connectivity index (χ1n) is 7.54. The summed E-state index contributed by atoms with van der Waals surface area (Å²) in [6.45, 7) is 3.75. The van der Waals surface area contributed by atoms with Crippen molar-refractivity contribution in [3.63, 3.8) is 0 Å². The average molecular weight is 272 g/mol. The highest BCUT2D eigenvalue weighted by Gasteiger charge is 2.26. The van der Waals surface area contributed by atoms with Crippen LogP contribution in [0.25, 0.3) is 11.2 Å². The fourth-order valence-electron chi connectivity index (χ4n) is 3.34. The maximum absolute atomic E-state index is 5.54. The van der Waals surface area contributed by atoms with Crippen LogP contribution in [0.1, 0.15) is 31.0 Å². The third kappa shape index (κ3) is 2.11. The first-order chi connectivity index (χ1) is 9.92. The van der Waals surface area contributed by atoms with Crippen molar-refractivity contribution in [2.45, 2.75) is 37.8 Å². The number of nitrogens with zero attached hydrogens (tertiary/aromatic N) is 3. The van der Waals surface area contributed by atoms with E-state index in [1.165, 1.54) is 12.8 Å². The van der Waals surface area contributed by atoms with Gasteiger partial charge in [-0.3, -0.25) is 0 Å². The first kappa shape index (κ1) is 12.3. The molecule has 5 nitrogen and oxygen atoms in total. The van der Waals surface area contributed by atoms with Gasteiger partial charge in [-0.2, -0.15) is 0 Å². The molecule has 2 aromatic rings. The van der Waals surface area contributed by atoms with Crippen LogP contribution in [-0.4, -0.2) is 40.3 Å². The highest BCUT2D eigenvalue weighted by atomic mass is 16.5. The zero-order valence-corrected chi connectivity index (χ0v) is 11.6. The van der Waals surface area contributed by atoms with Gasteiger partial charge in [0.05, 0.1) is 6.61 Å². The van der Waals surface area contributed by atoms with Crippen LogP contribution in [0.2, 0.25) is 0 Å². The summed E-state index contributed by atoms with van der Waals surface area (Å²) in [5.41, 5.74) is 2.02. The molecular weight excluding hydrogens is 252 g/mol. The number of pyridine rings is 1. The highest BCUT2D eigenvalue weighted by molar-refractivity contribution is 5.71. The van der Waals surface area contributed by atoms with Gasteiger partial charge < -0.3 is 14.6 Å². The molecule has 20 heavy (non-hydrogen) atoms. The Morgan fingerprint density at radius 1 is 1.40 bits per heavy atom. The van der Waals surface area contributed by atoms with Crippen molar-refractivity contribution in [2.75, 3.05) is 19.8 Å². The van der Waals surface area contributed by atoms with Crippen LogP contribution in [0, 0.1) is 0 Å². The molecule has 0 spiro atoms. The first-order valence-corrected chi connectivity index (χ1v) is 7.54. The SMILES string of the molecule is c1cnc2c(c1)nc(C1CCOC1)n2CC1CCCN1. The summed E-state index contributed by atoms with van der Waals surface area (Å²) in [5.74, 6) is 1.58. The third-order valence-corrected chi connectivity index (χ3v) is 4.39. The number of aromatic nitrogens is 3. The quantitative estimate of drug-likeness (QED) is 0.924. The Bertz CT molecular complexity index is 597. The summed E-state index contributed by atoms with van der Waals surface area (Å²) < 4.78 is 7.86. The zero-order chi connectivity index (χ0) is 13.4. The Kier molecular flexibility index (Phi) is 3.16. The van der Waals surface area contributed by atoms with Crippen molar-refractivity contribution >= 4 is 11.2 Å². The molecule has 0 aliphatic carbocycles. The minimum absolute atomic E-state index is 0.422. The van der Waals surface area contributed by atoms with Crippen LogP contribution in [-0.2, 0) is 11.3 Å². The fraction of sp³-hybridized carbons (Fsp3) is 0.600. The Morgan fingerprint density at radius 2 is 2.40 bits per heavy atom. The minimum atomic E-state index is 0.422.